The molecule has 0 fully saturated rings. The Bertz CT molecular complexity index is 289. The zero-order chi connectivity index (χ0) is 8.97. The van der Waals surface area contributed by atoms with Crippen LogP contribution in [0.15, 0.2) is 12.3 Å². The van der Waals surface area contributed by atoms with Gasteiger partial charge in [0.2, 0.25) is 11.8 Å². The van der Waals surface area contributed by atoms with E-state index in [-0.39, 0.29) is 5.95 Å². The summed E-state index contributed by atoms with van der Waals surface area (Å²) in [6.07, 6.45) is 1.46. The Hall–Kier alpha value is -1.85. The number of hydrogen-bond donors (Lipinski definition) is 2. The zero-order valence-electron chi connectivity index (χ0n) is 6.44. The molecule has 12 heavy (non-hydrogen) atoms. The van der Waals surface area contributed by atoms with E-state index < -0.39 is 6.03 Å². The number of hydrogen-bond acceptors (Lipinski definition) is 4. The second-order valence-electron chi connectivity index (χ2n) is 1.91. The Morgan fingerprint density at radius 2 is 2.50 bits per heavy atom. The van der Waals surface area contributed by atoms with Gasteiger partial charge < -0.3 is 10.5 Å². The van der Waals surface area contributed by atoms with Crippen LogP contribution in [0.4, 0.5) is 10.7 Å². The number of ether oxygens (including phenoxy) is 1. The molecule has 1 aromatic rings. The third-order valence-electron chi connectivity index (χ3n) is 1.07. The molecule has 0 aliphatic carbocycles. The van der Waals surface area contributed by atoms with Crippen molar-refractivity contribution in [1.29, 1.82) is 0 Å². The summed E-state index contributed by atoms with van der Waals surface area (Å²) in [5, 5.41) is 2.22. The maximum Gasteiger partial charge on any atom is 0.319 e. The minimum absolute atomic E-state index is 0.127. The van der Waals surface area contributed by atoms with Gasteiger partial charge in [0.05, 0.1) is 7.11 Å². The maximum absolute atomic E-state index is 10.4. The van der Waals surface area contributed by atoms with E-state index in [0.717, 1.165) is 0 Å². The lowest BCUT2D eigenvalue weighted by atomic mass is 10.6. The molecule has 3 N–H and O–H groups in total. The minimum Gasteiger partial charge on any atom is -0.481 e. The van der Waals surface area contributed by atoms with Crippen LogP contribution >= 0.6 is 0 Å². The molecule has 0 saturated heterocycles. The molecule has 0 bridgehead atoms. The van der Waals surface area contributed by atoms with E-state index in [9.17, 15) is 4.79 Å². The Morgan fingerprint density at radius 3 is 3.08 bits per heavy atom. The second kappa shape index (κ2) is 3.51. The van der Waals surface area contributed by atoms with Crippen LogP contribution in [-0.2, 0) is 0 Å². The van der Waals surface area contributed by atoms with Crippen molar-refractivity contribution >= 4 is 12.0 Å². The lowest BCUT2D eigenvalue weighted by molar-refractivity contribution is 0.259. The van der Waals surface area contributed by atoms with Gasteiger partial charge in [-0.15, -0.1) is 0 Å². The fourth-order valence-electron chi connectivity index (χ4n) is 0.626. The summed E-state index contributed by atoms with van der Waals surface area (Å²) < 4.78 is 4.79. The number of nitrogens with zero attached hydrogens (tertiary/aromatic N) is 2. The first kappa shape index (κ1) is 8.25. The molecule has 1 heterocycles. The summed E-state index contributed by atoms with van der Waals surface area (Å²) >= 11 is 0. The quantitative estimate of drug-likeness (QED) is 0.649. The summed E-state index contributed by atoms with van der Waals surface area (Å²) in [4.78, 5) is 17.9. The third-order valence-corrected chi connectivity index (χ3v) is 1.07. The molecule has 6 nitrogen and oxygen atoms in total. The van der Waals surface area contributed by atoms with Crippen LogP contribution < -0.4 is 15.8 Å². The van der Waals surface area contributed by atoms with Gasteiger partial charge in [0.25, 0.3) is 0 Å². The van der Waals surface area contributed by atoms with Crippen LogP contribution in [0.5, 0.6) is 5.88 Å². The number of carbonyl (C=O) groups is 1. The highest BCUT2D eigenvalue weighted by atomic mass is 16.5. The van der Waals surface area contributed by atoms with Crippen LogP contribution in [0.1, 0.15) is 0 Å². The fraction of sp³-hybridized carbons (Fsp3) is 0.167. The molecule has 0 spiro atoms. The van der Waals surface area contributed by atoms with Crippen molar-refractivity contribution in [3.8, 4) is 5.88 Å². The number of aromatic nitrogens is 2. The fourth-order valence-corrected chi connectivity index (χ4v) is 0.626. The molecule has 0 saturated carbocycles. The van der Waals surface area contributed by atoms with Gasteiger partial charge in [0.15, 0.2) is 0 Å². The standard InChI is InChI=1S/C6H8N4O2/c1-12-4-2-3-8-6(9-4)10-5(7)11/h2-3H,1H3,(H3,7,8,9,10,11). The molecule has 0 unspecified atom stereocenters. The number of nitrogens with two attached hydrogens (primary N) is 1. The summed E-state index contributed by atoms with van der Waals surface area (Å²) in [5.41, 5.74) is 4.85. The van der Waals surface area contributed by atoms with Crippen molar-refractivity contribution in [2.45, 2.75) is 0 Å². The van der Waals surface area contributed by atoms with Crippen molar-refractivity contribution in [3.63, 3.8) is 0 Å². The van der Waals surface area contributed by atoms with E-state index >= 15 is 0 Å². The van der Waals surface area contributed by atoms with E-state index in [1.54, 1.807) is 6.07 Å². The highest BCUT2D eigenvalue weighted by Gasteiger charge is 1.99. The van der Waals surface area contributed by atoms with Crippen LogP contribution in [0.2, 0.25) is 0 Å². The van der Waals surface area contributed by atoms with Crippen LogP contribution in [-0.4, -0.2) is 23.1 Å². The average Bonchev–Trinajstić information content (AvgIpc) is 2.03. The first-order valence-electron chi connectivity index (χ1n) is 3.16. The van der Waals surface area contributed by atoms with E-state index in [1.165, 1.54) is 13.3 Å². The van der Waals surface area contributed by atoms with Gasteiger partial charge in [0, 0.05) is 12.3 Å². The molecule has 0 atom stereocenters. The topological polar surface area (TPSA) is 90.1 Å². The number of amides is 2. The van der Waals surface area contributed by atoms with E-state index in [4.69, 9.17) is 10.5 Å². The summed E-state index contributed by atoms with van der Waals surface area (Å²) in [6, 6.07) is 0.856. The van der Waals surface area contributed by atoms with Crippen LogP contribution in [0, 0.1) is 0 Å². The molecule has 1 rings (SSSR count). The summed E-state index contributed by atoms with van der Waals surface area (Å²) in [5.74, 6) is 0.496. The molecule has 1 aromatic heterocycles. The van der Waals surface area contributed by atoms with Gasteiger partial charge in [-0.25, -0.2) is 9.78 Å². The first-order valence-corrected chi connectivity index (χ1v) is 3.16. The lowest BCUT2D eigenvalue weighted by Crippen LogP contribution is -2.20. The number of nitrogens with one attached hydrogen (secondary N) is 1. The molecule has 64 valence electrons. The molecule has 6 heteroatoms. The van der Waals surface area contributed by atoms with Crippen molar-refractivity contribution in [2.75, 3.05) is 12.4 Å². The highest BCUT2D eigenvalue weighted by molar-refractivity contribution is 5.85. The van der Waals surface area contributed by atoms with Crippen LogP contribution in [0.25, 0.3) is 0 Å². The Balaban J connectivity index is 2.79. The Morgan fingerprint density at radius 1 is 1.75 bits per heavy atom. The smallest absolute Gasteiger partial charge is 0.319 e. The second-order valence-corrected chi connectivity index (χ2v) is 1.91. The predicted molar refractivity (Wildman–Crippen MR) is 41.8 cm³/mol. The number of rotatable bonds is 2. The number of carbonyl (C=O) groups excluding carboxylic acids is 1. The number of urea groups is 1. The predicted octanol–water partition coefficient (Wildman–Crippen LogP) is -0.0242. The summed E-state index contributed by atoms with van der Waals surface area (Å²) in [7, 11) is 1.47. The maximum atomic E-state index is 10.4. The van der Waals surface area contributed by atoms with Crippen molar-refractivity contribution in [1.82, 2.24) is 9.97 Å². The third kappa shape index (κ3) is 2.08. The van der Waals surface area contributed by atoms with Gasteiger partial charge in [0.1, 0.15) is 0 Å². The van der Waals surface area contributed by atoms with Gasteiger partial charge in [-0.3, -0.25) is 5.32 Å². The van der Waals surface area contributed by atoms with E-state index in [1.807, 2.05) is 0 Å². The van der Waals surface area contributed by atoms with Crippen molar-refractivity contribution < 1.29 is 9.53 Å². The lowest BCUT2D eigenvalue weighted by Gasteiger charge is -2.00. The number of methoxy groups -OCH3 is 1. The largest absolute Gasteiger partial charge is 0.481 e. The molecule has 0 aliphatic rings. The van der Waals surface area contributed by atoms with Gasteiger partial charge in [-0.05, 0) is 0 Å². The van der Waals surface area contributed by atoms with Crippen molar-refractivity contribution in [3.05, 3.63) is 12.3 Å². The Kier molecular flexibility index (Phi) is 2.42. The number of primary amides is 1. The van der Waals surface area contributed by atoms with Gasteiger partial charge in [-0.1, -0.05) is 0 Å². The van der Waals surface area contributed by atoms with E-state index in [2.05, 4.69) is 15.3 Å². The molecular weight excluding hydrogens is 160 g/mol. The van der Waals surface area contributed by atoms with Gasteiger partial charge in [-0.2, -0.15) is 4.98 Å². The highest BCUT2D eigenvalue weighted by Crippen LogP contribution is 2.06. The average molecular weight is 168 g/mol. The van der Waals surface area contributed by atoms with E-state index in [0.29, 0.717) is 5.88 Å². The number of anilines is 1. The monoisotopic (exact) mass is 168 g/mol. The zero-order valence-corrected chi connectivity index (χ0v) is 6.44. The van der Waals surface area contributed by atoms with Crippen LogP contribution in [0.3, 0.4) is 0 Å². The Labute approximate surface area is 68.8 Å². The molecular formula is C6H8N4O2. The minimum atomic E-state index is -0.705. The SMILES string of the molecule is COc1ccnc(NC(N)=O)n1. The first-order chi connectivity index (χ1) is 5.72. The molecule has 0 aliphatic heterocycles. The van der Waals surface area contributed by atoms with Gasteiger partial charge >= 0.3 is 6.03 Å². The molecule has 0 radical (unpaired) electrons. The molecule has 2 amide bonds. The van der Waals surface area contributed by atoms with Crippen molar-refractivity contribution in [2.24, 2.45) is 5.73 Å². The normalized spacial score (nSPS) is 9.08. The molecule has 0 aromatic carbocycles. The summed E-state index contributed by atoms with van der Waals surface area (Å²) in [6.45, 7) is 0.